The van der Waals surface area contributed by atoms with E-state index in [2.05, 4.69) is 5.32 Å². The average Bonchev–Trinajstić information content (AvgIpc) is 2.61. The van der Waals surface area contributed by atoms with E-state index in [1.165, 1.54) is 31.2 Å². The van der Waals surface area contributed by atoms with Crippen molar-refractivity contribution in [3.05, 3.63) is 53.6 Å². The molecule has 0 saturated carbocycles. The van der Waals surface area contributed by atoms with Gasteiger partial charge in [0.1, 0.15) is 5.75 Å². The topological polar surface area (TPSA) is 125 Å². The molecule has 150 valence electrons. The molecule has 1 atom stereocenters. The molecule has 0 radical (unpaired) electrons. The number of sulfonamides is 1. The fourth-order valence-electron chi connectivity index (χ4n) is 2.41. The molecular weight excluding hydrogens is 384 g/mol. The number of carbonyl (C=O) groups is 2. The summed E-state index contributed by atoms with van der Waals surface area (Å²) in [6.07, 6.45) is -1.06. The molecule has 0 saturated heterocycles. The van der Waals surface area contributed by atoms with Crippen LogP contribution in [0.25, 0.3) is 0 Å². The first-order chi connectivity index (χ1) is 13.1. The number of hydrogen-bond donors (Lipinski definition) is 2. The van der Waals surface area contributed by atoms with E-state index in [1.807, 2.05) is 32.0 Å². The molecule has 0 spiro atoms. The summed E-state index contributed by atoms with van der Waals surface area (Å²) in [5.41, 5.74) is 2.12. The molecule has 9 heteroatoms. The number of anilines is 1. The predicted octanol–water partition coefficient (Wildman–Crippen LogP) is 1.90. The van der Waals surface area contributed by atoms with Crippen LogP contribution in [0, 0.1) is 13.8 Å². The molecule has 0 heterocycles. The number of carbonyl (C=O) groups excluding carboxylic acids is 2. The zero-order chi connectivity index (χ0) is 20.9. The number of amides is 1. The average molecular weight is 406 g/mol. The van der Waals surface area contributed by atoms with Gasteiger partial charge in [0.25, 0.3) is 5.91 Å². The molecule has 0 fully saturated rings. The number of nitrogens with two attached hydrogens (primary N) is 1. The lowest BCUT2D eigenvalue weighted by Crippen LogP contribution is -2.31. The monoisotopic (exact) mass is 406 g/mol. The minimum atomic E-state index is -3.81. The van der Waals surface area contributed by atoms with Crippen LogP contribution in [-0.2, 0) is 24.3 Å². The van der Waals surface area contributed by atoms with Crippen molar-refractivity contribution >= 4 is 27.6 Å². The molecule has 0 bridgehead atoms. The van der Waals surface area contributed by atoms with Crippen LogP contribution < -0.4 is 15.2 Å². The van der Waals surface area contributed by atoms with Crippen molar-refractivity contribution in [2.45, 2.75) is 31.8 Å². The van der Waals surface area contributed by atoms with Gasteiger partial charge in [0.15, 0.2) is 12.7 Å². The molecule has 2 aromatic rings. The summed E-state index contributed by atoms with van der Waals surface area (Å²) in [6.45, 7) is 4.83. The van der Waals surface area contributed by atoms with Gasteiger partial charge in [-0.15, -0.1) is 0 Å². The van der Waals surface area contributed by atoms with Gasteiger partial charge in [-0.2, -0.15) is 0 Å². The van der Waals surface area contributed by atoms with Crippen LogP contribution in [0.2, 0.25) is 0 Å². The standard InChI is InChI=1S/C19H22N2O6S/c1-12-5-4-6-13(2)18(12)26-11-17(22)27-14(3)19(23)21-15-7-9-16(10-8-15)28(20,24)25/h4-10,14H,11H2,1-3H3,(H,21,23)(H2,20,24,25)/t14-/m0/s1. The number of benzene rings is 2. The van der Waals surface area contributed by atoms with Crippen molar-refractivity contribution in [1.29, 1.82) is 0 Å². The van der Waals surface area contributed by atoms with E-state index in [0.29, 0.717) is 11.4 Å². The molecule has 8 nitrogen and oxygen atoms in total. The van der Waals surface area contributed by atoms with E-state index in [9.17, 15) is 18.0 Å². The fraction of sp³-hybridized carbons (Fsp3) is 0.263. The van der Waals surface area contributed by atoms with E-state index in [4.69, 9.17) is 14.6 Å². The molecule has 0 aliphatic rings. The third-order valence-electron chi connectivity index (χ3n) is 3.87. The smallest absolute Gasteiger partial charge is 0.344 e. The second-order valence-electron chi connectivity index (χ2n) is 6.20. The van der Waals surface area contributed by atoms with Gasteiger partial charge in [-0.3, -0.25) is 4.79 Å². The lowest BCUT2D eigenvalue weighted by molar-refractivity contribution is -0.155. The first-order valence-electron chi connectivity index (χ1n) is 8.40. The number of primary sulfonamides is 1. The van der Waals surface area contributed by atoms with Crippen LogP contribution >= 0.6 is 0 Å². The number of esters is 1. The number of aryl methyl sites for hydroxylation is 2. The minimum absolute atomic E-state index is 0.0753. The van der Waals surface area contributed by atoms with Crippen molar-refractivity contribution in [1.82, 2.24) is 0 Å². The maximum Gasteiger partial charge on any atom is 0.344 e. The highest BCUT2D eigenvalue weighted by Crippen LogP contribution is 2.22. The van der Waals surface area contributed by atoms with Crippen LogP contribution in [0.5, 0.6) is 5.75 Å². The molecule has 2 aromatic carbocycles. The zero-order valence-corrected chi connectivity index (χ0v) is 16.6. The fourth-order valence-corrected chi connectivity index (χ4v) is 2.93. The second kappa shape index (κ2) is 8.85. The van der Waals surface area contributed by atoms with Crippen molar-refractivity contribution in [3.8, 4) is 5.75 Å². The van der Waals surface area contributed by atoms with Crippen molar-refractivity contribution in [2.75, 3.05) is 11.9 Å². The molecule has 0 aliphatic heterocycles. The van der Waals surface area contributed by atoms with E-state index in [1.54, 1.807) is 0 Å². The van der Waals surface area contributed by atoms with Crippen LogP contribution in [0.1, 0.15) is 18.1 Å². The Kier molecular flexibility index (Phi) is 6.76. The maximum atomic E-state index is 12.1. The molecule has 28 heavy (non-hydrogen) atoms. The van der Waals surface area contributed by atoms with Gasteiger partial charge in [0.05, 0.1) is 4.90 Å². The number of para-hydroxylation sites is 1. The van der Waals surface area contributed by atoms with Gasteiger partial charge >= 0.3 is 5.97 Å². The van der Waals surface area contributed by atoms with Gasteiger partial charge in [0.2, 0.25) is 10.0 Å². The Hall–Kier alpha value is -2.91. The summed E-state index contributed by atoms with van der Waals surface area (Å²) in [5.74, 6) is -0.648. The largest absolute Gasteiger partial charge is 0.481 e. The van der Waals surface area contributed by atoms with Gasteiger partial charge in [-0.25, -0.2) is 18.4 Å². The van der Waals surface area contributed by atoms with Gasteiger partial charge < -0.3 is 14.8 Å². The SMILES string of the molecule is Cc1cccc(C)c1OCC(=O)O[C@@H](C)C(=O)Nc1ccc(S(N)(=O)=O)cc1. The molecular formula is C19H22N2O6S. The van der Waals surface area contributed by atoms with Crippen LogP contribution in [0.4, 0.5) is 5.69 Å². The van der Waals surface area contributed by atoms with E-state index in [0.717, 1.165) is 11.1 Å². The molecule has 0 unspecified atom stereocenters. The van der Waals surface area contributed by atoms with Crippen molar-refractivity contribution < 1.29 is 27.5 Å². The lowest BCUT2D eigenvalue weighted by atomic mass is 10.1. The first-order valence-corrected chi connectivity index (χ1v) is 9.95. The van der Waals surface area contributed by atoms with Gasteiger partial charge in [-0.05, 0) is 56.2 Å². The van der Waals surface area contributed by atoms with Gasteiger partial charge in [0, 0.05) is 5.69 Å². The highest BCUT2D eigenvalue weighted by atomic mass is 32.2. The highest BCUT2D eigenvalue weighted by Gasteiger charge is 2.19. The Bertz CT molecular complexity index is 950. The summed E-state index contributed by atoms with van der Waals surface area (Å²) in [7, 11) is -3.81. The van der Waals surface area contributed by atoms with Gasteiger partial charge in [-0.1, -0.05) is 18.2 Å². The summed E-state index contributed by atoms with van der Waals surface area (Å²) in [6, 6.07) is 10.9. The van der Waals surface area contributed by atoms with E-state index < -0.39 is 28.0 Å². The Morgan fingerprint density at radius 1 is 1.07 bits per heavy atom. The third kappa shape index (κ3) is 5.80. The predicted molar refractivity (Wildman–Crippen MR) is 103 cm³/mol. The Morgan fingerprint density at radius 2 is 1.64 bits per heavy atom. The first kappa shape index (κ1) is 21.4. The number of hydrogen-bond acceptors (Lipinski definition) is 6. The Balaban J connectivity index is 1.88. The summed E-state index contributed by atoms with van der Waals surface area (Å²) >= 11 is 0. The highest BCUT2D eigenvalue weighted by molar-refractivity contribution is 7.89. The number of nitrogens with one attached hydrogen (secondary N) is 1. The Labute approximate surface area is 163 Å². The van der Waals surface area contributed by atoms with Crippen molar-refractivity contribution in [3.63, 3.8) is 0 Å². The second-order valence-corrected chi connectivity index (χ2v) is 7.76. The Morgan fingerprint density at radius 3 is 2.18 bits per heavy atom. The molecule has 0 aromatic heterocycles. The molecule has 3 N–H and O–H groups in total. The zero-order valence-electron chi connectivity index (χ0n) is 15.8. The molecule has 1 amide bonds. The number of ether oxygens (including phenoxy) is 2. The molecule has 2 rings (SSSR count). The normalized spacial score (nSPS) is 12.1. The van der Waals surface area contributed by atoms with Crippen molar-refractivity contribution in [2.24, 2.45) is 5.14 Å². The summed E-state index contributed by atoms with van der Waals surface area (Å²) < 4.78 is 33.0. The quantitative estimate of drug-likeness (QED) is 0.677. The van der Waals surface area contributed by atoms with E-state index >= 15 is 0 Å². The lowest BCUT2D eigenvalue weighted by Gasteiger charge is -2.15. The third-order valence-corrected chi connectivity index (χ3v) is 4.80. The van der Waals surface area contributed by atoms with Crippen LogP contribution in [0.3, 0.4) is 0 Å². The van der Waals surface area contributed by atoms with E-state index in [-0.39, 0.29) is 11.5 Å². The molecule has 0 aliphatic carbocycles. The van der Waals surface area contributed by atoms with Crippen LogP contribution in [-0.4, -0.2) is 33.0 Å². The summed E-state index contributed by atoms with van der Waals surface area (Å²) in [5, 5.41) is 7.54. The number of rotatable bonds is 7. The summed E-state index contributed by atoms with van der Waals surface area (Å²) in [4.78, 5) is 24.0. The maximum absolute atomic E-state index is 12.1. The minimum Gasteiger partial charge on any atom is -0.481 e. The van der Waals surface area contributed by atoms with Crippen LogP contribution in [0.15, 0.2) is 47.4 Å².